The Kier molecular flexibility index (Phi) is 5.99. The van der Waals surface area contributed by atoms with Crippen LogP contribution < -0.4 is 5.32 Å². The van der Waals surface area contributed by atoms with E-state index in [1.165, 1.54) is 0 Å². The number of pyridine rings is 2. The van der Waals surface area contributed by atoms with E-state index in [9.17, 15) is 10.4 Å². The summed E-state index contributed by atoms with van der Waals surface area (Å²) >= 11 is 0. The summed E-state index contributed by atoms with van der Waals surface area (Å²) in [7, 11) is 0. The van der Waals surface area contributed by atoms with E-state index < -0.39 is 0 Å². The molecule has 0 amide bonds. The van der Waals surface area contributed by atoms with Crippen molar-refractivity contribution in [2.24, 2.45) is 0 Å². The van der Waals surface area contributed by atoms with Crippen LogP contribution in [0.3, 0.4) is 0 Å². The Hall–Kier alpha value is -3.76. The number of anilines is 1. The van der Waals surface area contributed by atoms with E-state index in [-0.39, 0.29) is 18.1 Å². The third-order valence-electron chi connectivity index (χ3n) is 6.54. The third-order valence-corrected chi connectivity index (χ3v) is 6.54. The lowest BCUT2D eigenvalue weighted by molar-refractivity contribution is 0.126. The van der Waals surface area contributed by atoms with Gasteiger partial charge < -0.3 is 10.4 Å². The third kappa shape index (κ3) is 4.13. The van der Waals surface area contributed by atoms with Gasteiger partial charge in [0, 0.05) is 30.2 Å². The molecule has 172 valence electrons. The first kappa shape index (κ1) is 22.1. The number of rotatable bonds is 5. The van der Waals surface area contributed by atoms with Gasteiger partial charge in [0.2, 0.25) is 0 Å². The summed E-state index contributed by atoms with van der Waals surface area (Å²) in [6.45, 7) is 4.27. The molecule has 2 N–H and O–H groups in total. The lowest BCUT2D eigenvalue weighted by Gasteiger charge is -2.27. The summed E-state index contributed by atoms with van der Waals surface area (Å²) < 4.78 is 1.88. The quantitative estimate of drug-likeness (QED) is 0.432. The molecule has 7 heteroatoms. The summed E-state index contributed by atoms with van der Waals surface area (Å²) in [6.07, 6.45) is 8.55. The molecule has 0 radical (unpaired) electrons. The molecule has 1 saturated carbocycles. The van der Waals surface area contributed by atoms with Gasteiger partial charge in [0.15, 0.2) is 5.65 Å². The van der Waals surface area contributed by atoms with E-state index in [1.54, 1.807) is 6.20 Å². The van der Waals surface area contributed by atoms with Crippen molar-refractivity contribution in [3.63, 3.8) is 0 Å². The maximum atomic E-state index is 9.84. The van der Waals surface area contributed by atoms with Crippen molar-refractivity contribution < 1.29 is 5.11 Å². The number of nitrogens with one attached hydrogen (secondary N) is 1. The molecular weight excluding hydrogens is 424 g/mol. The number of aliphatic hydroxyl groups is 1. The van der Waals surface area contributed by atoms with E-state index in [4.69, 9.17) is 10.1 Å². The highest BCUT2D eigenvalue weighted by atomic mass is 16.3. The Bertz CT molecular complexity index is 1350. The second-order valence-electron chi connectivity index (χ2n) is 9.24. The molecule has 0 bridgehead atoms. The van der Waals surface area contributed by atoms with E-state index in [1.807, 2.05) is 53.5 Å². The topological polar surface area (TPSA) is 99.7 Å². The Morgan fingerprint density at radius 2 is 1.94 bits per heavy atom. The van der Waals surface area contributed by atoms with Crippen LogP contribution in [0, 0.1) is 11.3 Å². The van der Waals surface area contributed by atoms with Gasteiger partial charge >= 0.3 is 0 Å². The number of aromatic nitrogens is 4. The average Bonchev–Trinajstić information content (AvgIpc) is 3.26. The molecule has 0 spiro atoms. The first-order valence-electron chi connectivity index (χ1n) is 11.8. The monoisotopic (exact) mass is 452 g/mol. The second-order valence-corrected chi connectivity index (χ2v) is 9.24. The molecular formula is C27H28N6O. The molecule has 0 atom stereocenters. The molecule has 5 rings (SSSR count). The van der Waals surface area contributed by atoms with Crippen molar-refractivity contribution in [2.45, 2.75) is 57.6 Å². The molecule has 0 unspecified atom stereocenters. The van der Waals surface area contributed by atoms with Crippen molar-refractivity contribution in [3.8, 4) is 22.9 Å². The van der Waals surface area contributed by atoms with Crippen molar-refractivity contribution >= 4 is 16.7 Å². The molecule has 0 aliphatic heterocycles. The van der Waals surface area contributed by atoms with Gasteiger partial charge in [0.1, 0.15) is 6.07 Å². The summed E-state index contributed by atoms with van der Waals surface area (Å²) in [5.74, 6) is 0.202. The Labute approximate surface area is 199 Å². The highest BCUT2D eigenvalue weighted by Crippen LogP contribution is 2.35. The molecule has 7 nitrogen and oxygen atoms in total. The number of nitriles is 1. The number of benzene rings is 1. The maximum absolute atomic E-state index is 9.84. The number of nitrogens with zero attached hydrogens (tertiary/aromatic N) is 5. The first-order valence-corrected chi connectivity index (χ1v) is 11.8. The zero-order valence-corrected chi connectivity index (χ0v) is 19.4. The summed E-state index contributed by atoms with van der Waals surface area (Å²) in [4.78, 5) is 9.01. The zero-order chi connectivity index (χ0) is 23.7. The first-order chi connectivity index (χ1) is 16.5. The van der Waals surface area contributed by atoms with Gasteiger partial charge in [-0.15, -0.1) is 0 Å². The molecule has 3 aromatic heterocycles. The van der Waals surface area contributed by atoms with Crippen LogP contribution in [0.2, 0.25) is 0 Å². The number of hydrogen-bond donors (Lipinski definition) is 2. The molecule has 1 aromatic carbocycles. The van der Waals surface area contributed by atoms with Gasteiger partial charge in [-0.2, -0.15) is 10.4 Å². The largest absolute Gasteiger partial charge is 0.393 e. The lowest BCUT2D eigenvalue weighted by atomic mass is 9.93. The normalized spacial score (nSPS) is 18.2. The number of hydrogen-bond acceptors (Lipinski definition) is 6. The SMILES string of the molecule is CC(C)c1nn(-c2ccc(C#N)c(N[C@H]3CC[C@H](O)CC3)c2)c2nccc(-c3cccnc3)c12. The van der Waals surface area contributed by atoms with E-state index >= 15 is 0 Å². The van der Waals surface area contributed by atoms with Crippen LogP contribution in [0.15, 0.2) is 55.0 Å². The average molecular weight is 453 g/mol. The predicted octanol–water partition coefficient (Wildman–Crippen LogP) is 5.19. The smallest absolute Gasteiger partial charge is 0.163 e. The van der Waals surface area contributed by atoms with Gasteiger partial charge in [-0.3, -0.25) is 4.98 Å². The highest BCUT2D eigenvalue weighted by Gasteiger charge is 2.22. The van der Waals surface area contributed by atoms with Gasteiger partial charge in [0.25, 0.3) is 0 Å². The predicted molar refractivity (Wildman–Crippen MR) is 133 cm³/mol. The van der Waals surface area contributed by atoms with Crippen LogP contribution in [-0.2, 0) is 0 Å². The standard InChI is InChI=1S/C27H28N6O/c1-17(2)26-25-23(19-4-3-12-29-16-19)11-13-30-27(25)33(32-26)21-8-5-18(15-28)24(14-21)31-20-6-9-22(34)10-7-20/h3-5,8,11-14,16-17,20,22,31,34H,6-7,9-10H2,1-2H3/t20-,22-. The van der Waals surface area contributed by atoms with Crippen molar-refractivity contribution in [2.75, 3.05) is 5.32 Å². The maximum Gasteiger partial charge on any atom is 0.163 e. The Morgan fingerprint density at radius 3 is 2.65 bits per heavy atom. The molecule has 34 heavy (non-hydrogen) atoms. The number of aliphatic hydroxyl groups excluding tert-OH is 1. The molecule has 3 heterocycles. The fourth-order valence-electron chi connectivity index (χ4n) is 4.74. The van der Waals surface area contributed by atoms with E-state index in [2.05, 4.69) is 30.2 Å². The molecule has 0 saturated heterocycles. The van der Waals surface area contributed by atoms with Crippen LogP contribution in [0.25, 0.3) is 27.8 Å². The molecule has 1 aliphatic rings. The van der Waals surface area contributed by atoms with Crippen molar-refractivity contribution in [1.29, 1.82) is 5.26 Å². The van der Waals surface area contributed by atoms with Crippen molar-refractivity contribution in [1.82, 2.24) is 19.7 Å². The zero-order valence-electron chi connectivity index (χ0n) is 19.4. The van der Waals surface area contributed by atoms with Gasteiger partial charge in [-0.25, -0.2) is 9.67 Å². The van der Waals surface area contributed by atoms with Crippen LogP contribution >= 0.6 is 0 Å². The highest BCUT2D eigenvalue weighted by molar-refractivity contribution is 5.95. The minimum absolute atomic E-state index is 0.202. The van der Waals surface area contributed by atoms with Gasteiger partial charge in [-0.1, -0.05) is 19.9 Å². The van der Waals surface area contributed by atoms with Crippen LogP contribution in [0.4, 0.5) is 5.69 Å². The summed E-state index contributed by atoms with van der Waals surface area (Å²) in [5.41, 5.74) is 6.08. The fourth-order valence-corrected chi connectivity index (χ4v) is 4.74. The summed E-state index contributed by atoms with van der Waals surface area (Å²) in [5, 5.41) is 29.1. The van der Waals surface area contributed by atoms with Crippen LogP contribution in [0.5, 0.6) is 0 Å². The van der Waals surface area contributed by atoms with E-state index in [0.717, 1.165) is 64.9 Å². The second kappa shape index (κ2) is 9.24. The van der Waals surface area contributed by atoms with E-state index in [0.29, 0.717) is 5.56 Å². The molecule has 1 aliphatic carbocycles. The number of fused-ring (bicyclic) bond motifs is 1. The lowest BCUT2D eigenvalue weighted by Crippen LogP contribution is -2.28. The molecule has 1 fully saturated rings. The minimum Gasteiger partial charge on any atom is -0.393 e. The van der Waals surface area contributed by atoms with Crippen LogP contribution in [-0.4, -0.2) is 37.0 Å². The van der Waals surface area contributed by atoms with Gasteiger partial charge in [0.05, 0.1) is 34.1 Å². The Balaban J connectivity index is 1.61. The minimum atomic E-state index is -0.218. The van der Waals surface area contributed by atoms with Crippen molar-refractivity contribution in [3.05, 3.63) is 66.2 Å². The van der Waals surface area contributed by atoms with Crippen LogP contribution in [0.1, 0.15) is 56.7 Å². The Morgan fingerprint density at radius 1 is 1.12 bits per heavy atom. The summed E-state index contributed by atoms with van der Waals surface area (Å²) in [6, 6.07) is 14.3. The van der Waals surface area contributed by atoms with Gasteiger partial charge in [-0.05, 0) is 67.5 Å². The fraction of sp³-hybridized carbons (Fsp3) is 0.333. The molecule has 4 aromatic rings.